The molecule has 0 saturated carbocycles. The molecule has 1 N–H and O–H groups in total. The number of hydrogen-bond acceptors (Lipinski definition) is 3. The molecule has 15 heavy (non-hydrogen) atoms. The summed E-state index contributed by atoms with van der Waals surface area (Å²) in [6.45, 7) is -0.374. The standard InChI is InChI=1S/C10H10N2O3/c1-12-8-5-3-2-4-7(8)10(11-12)15-6-9(13)14/h2-5H,6H2,1H3,(H,13,14). The highest BCUT2D eigenvalue weighted by Gasteiger charge is 2.09. The monoisotopic (exact) mass is 206 g/mol. The summed E-state index contributed by atoms with van der Waals surface area (Å²) in [5.41, 5.74) is 0.915. The van der Waals surface area contributed by atoms with E-state index in [0.717, 1.165) is 10.9 Å². The number of benzene rings is 1. The number of para-hydroxylation sites is 1. The maximum Gasteiger partial charge on any atom is 0.341 e. The topological polar surface area (TPSA) is 64.4 Å². The molecule has 78 valence electrons. The third-order valence-corrected chi connectivity index (χ3v) is 2.06. The Bertz CT molecular complexity index is 504. The first-order valence-electron chi connectivity index (χ1n) is 4.45. The fourth-order valence-corrected chi connectivity index (χ4v) is 1.42. The molecule has 0 amide bonds. The van der Waals surface area contributed by atoms with Crippen molar-refractivity contribution in [1.29, 1.82) is 0 Å². The molecule has 5 heteroatoms. The molecule has 0 aliphatic rings. The van der Waals surface area contributed by atoms with Gasteiger partial charge in [-0.2, -0.15) is 0 Å². The fourth-order valence-electron chi connectivity index (χ4n) is 1.42. The Hall–Kier alpha value is -2.04. The van der Waals surface area contributed by atoms with Crippen LogP contribution in [0.25, 0.3) is 10.9 Å². The molecular formula is C10H10N2O3. The molecule has 0 atom stereocenters. The number of rotatable bonds is 3. The SMILES string of the molecule is Cn1nc(OCC(=O)O)c2ccccc21. The van der Waals surface area contributed by atoms with Gasteiger partial charge in [0.25, 0.3) is 0 Å². The maximum atomic E-state index is 10.4. The van der Waals surface area contributed by atoms with E-state index in [1.807, 2.05) is 24.3 Å². The highest BCUT2D eigenvalue weighted by molar-refractivity contribution is 5.84. The minimum atomic E-state index is -1.01. The van der Waals surface area contributed by atoms with Crippen molar-refractivity contribution in [3.63, 3.8) is 0 Å². The van der Waals surface area contributed by atoms with Gasteiger partial charge >= 0.3 is 5.97 Å². The predicted octanol–water partition coefficient (Wildman–Crippen LogP) is 1.04. The van der Waals surface area contributed by atoms with Gasteiger partial charge in [-0.1, -0.05) is 12.1 Å². The Balaban J connectivity index is 2.39. The predicted molar refractivity (Wildman–Crippen MR) is 53.8 cm³/mol. The van der Waals surface area contributed by atoms with Crippen molar-refractivity contribution >= 4 is 16.9 Å². The third kappa shape index (κ3) is 1.76. The summed E-state index contributed by atoms with van der Waals surface area (Å²) >= 11 is 0. The number of carboxylic acid groups (broad SMARTS) is 1. The summed E-state index contributed by atoms with van der Waals surface area (Å²) in [7, 11) is 1.79. The lowest BCUT2D eigenvalue weighted by Gasteiger charge is -1.97. The van der Waals surface area contributed by atoms with E-state index < -0.39 is 5.97 Å². The first kappa shape index (κ1) is 9.51. The summed E-state index contributed by atoms with van der Waals surface area (Å²) in [5.74, 6) is -0.653. The minimum absolute atomic E-state index is 0.357. The van der Waals surface area contributed by atoms with Crippen molar-refractivity contribution in [3.05, 3.63) is 24.3 Å². The van der Waals surface area contributed by atoms with Crippen LogP contribution in [-0.4, -0.2) is 27.5 Å². The van der Waals surface area contributed by atoms with E-state index >= 15 is 0 Å². The number of hydrogen-bond donors (Lipinski definition) is 1. The molecule has 0 aliphatic carbocycles. The van der Waals surface area contributed by atoms with E-state index in [2.05, 4.69) is 5.10 Å². The number of carbonyl (C=O) groups is 1. The van der Waals surface area contributed by atoms with E-state index in [0.29, 0.717) is 5.88 Å². The van der Waals surface area contributed by atoms with Crippen molar-refractivity contribution < 1.29 is 14.6 Å². The van der Waals surface area contributed by atoms with Crippen LogP contribution in [0, 0.1) is 0 Å². The number of aryl methyl sites for hydroxylation is 1. The molecule has 0 spiro atoms. The first-order chi connectivity index (χ1) is 7.18. The van der Waals surface area contributed by atoms with Gasteiger partial charge in [0.2, 0.25) is 5.88 Å². The average molecular weight is 206 g/mol. The van der Waals surface area contributed by atoms with E-state index in [1.165, 1.54) is 0 Å². The van der Waals surface area contributed by atoms with Gasteiger partial charge in [-0.15, -0.1) is 5.10 Å². The second-order valence-corrected chi connectivity index (χ2v) is 3.13. The Morgan fingerprint density at radius 1 is 1.53 bits per heavy atom. The number of nitrogens with zero attached hydrogens (tertiary/aromatic N) is 2. The summed E-state index contributed by atoms with van der Waals surface area (Å²) < 4.78 is 6.73. The second kappa shape index (κ2) is 3.61. The zero-order chi connectivity index (χ0) is 10.8. The Labute approximate surface area is 85.9 Å². The van der Waals surface area contributed by atoms with E-state index in [4.69, 9.17) is 9.84 Å². The number of aromatic nitrogens is 2. The summed E-state index contributed by atoms with van der Waals surface area (Å²) in [6.07, 6.45) is 0. The van der Waals surface area contributed by atoms with Gasteiger partial charge in [0.15, 0.2) is 6.61 Å². The summed E-state index contributed by atoms with van der Waals surface area (Å²) in [6, 6.07) is 7.50. The zero-order valence-electron chi connectivity index (χ0n) is 8.17. The number of carboxylic acids is 1. The Morgan fingerprint density at radius 2 is 2.27 bits per heavy atom. The average Bonchev–Trinajstić information content (AvgIpc) is 2.54. The van der Waals surface area contributed by atoms with Gasteiger partial charge in [0, 0.05) is 7.05 Å². The molecule has 5 nitrogen and oxygen atoms in total. The molecule has 0 unspecified atom stereocenters. The molecule has 1 aromatic heterocycles. The van der Waals surface area contributed by atoms with Crippen molar-refractivity contribution in [2.75, 3.05) is 6.61 Å². The lowest BCUT2D eigenvalue weighted by Crippen LogP contribution is -2.09. The van der Waals surface area contributed by atoms with Gasteiger partial charge in [-0.3, -0.25) is 4.68 Å². The van der Waals surface area contributed by atoms with Crippen LogP contribution in [0.3, 0.4) is 0 Å². The molecule has 2 aromatic rings. The Kier molecular flexibility index (Phi) is 2.29. The van der Waals surface area contributed by atoms with Crippen LogP contribution in [0.1, 0.15) is 0 Å². The van der Waals surface area contributed by atoms with Crippen LogP contribution in [-0.2, 0) is 11.8 Å². The van der Waals surface area contributed by atoms with E-state index in [1.54, 1.807) is 11.7 Å². The van der Waals surface area contributed by atoms with E-state index in [-0.39, 0.29) is 6.61 Å². The minimum Gasteiger partial charge on any atom is -0.479 e. The van der Waals surface area contributed by atoms with E-state index in [9.17, 15) is 4.79 Å². The fraction of sp³-hybridized carbons (Fsp3) is 0.200. The van der Waals surface area contributed by atoms with Crippen molar-refractivity contribution in [2.24, 2.45) is 7.05 Å². The van der Waals surface area contributed by atoms with Gasteiger partial charge in [-0.25, -0.2) is 4.79 Å². The second-order valence-electron chi connectivity index (χ2n) is 3.13. The summed E-state index contributed by atoms with van der Waals surface area (Å²) in [4.78, 5) is 10.4. The number of fused-ring (bicyclic) bond motifs is 1. The van der Waals surface area contributed by atoms with Crippen LogP contribution < -0.4 is 4.74 Å². The van der Waals surface area contributed by atoms with Gasteiger partial charge in [0.05, 0.1) is 10.9 Å². The van der Waals surface area contributed by atoms with Crippen LogP contribution in [0.2, 0.25) is 0 Å². The highest BCUT2D eigenvalue weighted by atomic mass is 16.5. The number of ether oxygens (including phenoxy) is 1. The van der Waals surface area contributed by atoms with Crippen molar-refractivity contribution in [2.45, 2.75) is 0 Å². The molecule has 1 heterocycles. The van der Waals surface area contributed by atoms with Crippen LogP contribution >= 0.6 is 0 Å². The molecule has 0 radical (unpaired) electrons. The van der Waals surface area contributed by atoms with Gasteiger partial charge in [0.1, 0.15) is 0 Å². The lowest BCUT2D eigenvalue weighted by molar-refractivity contribution is -0.139. The number of aliphatic carboxylic acids is 1. The van der Waals surface area contributed by atoms with Crippen molar-refractivity contribution in [1.82, 2.24) is 9.78 Å². The molecule has 0 aliphatic heterocycles. The smallest absolute Gasteiger partial charge is 0.341 e. The quantitative estimate of drug-likeness (QED) is 0.814. The molecule has 1 aromatic carbocycles. The molecule has 0 fully saturated rings. The molecule has 2 rings (SSSR count). The van der Waals surface area contributed by atoms with Crippen LogP contribution in [0.4, 0.5) is 0 Å². The summed E-state index contributed by atoms with van der Waals surface area (Å²) in [5, 5.41) is 13.4. The molecular weight excluding hydrogens is 196 g/mol. The normalized spacial score (nSPS) is 10.5. The molecule has 0 bridgehead atoms. The Morgan fingerprint density at radius 3 is 3.00 bits per heavy atom. The highest BCUT2D eigenvalue weighted by Crippen LogP contribution is 2.23. The van der Waals surface area contributed by atoms with Crippen LogP contribution in [0.5, 0.6) is 5.88 Å². The van der Waals surface area contributed by atoms with Crippen LogP contribution in [0.15, 0.2) is 24.3 Å². The largest absolute Gasteiger partial charge is 0.479 e. The van der Waals surface area contributed by atoms with Crippen molar-refractivity contribution in [3.8, 4) is 5.88 Å². The van der Waals surface area contributed by atoms with Gasteiger partial charge in [-0.05, 0) is 12.1 Å². The zero-order valence-corrected chi connectivity index (χ0v) is 8.17. The maximum absolute atomic E-state index is 10.4. The third-order valence-electron chi connectivity index (χ3n) is 2.06. The molecule has 0 saturated heterocycles. The first-order valence-corrected chi connectivity index (χ1v) is 4.45. The lowest BCUT2D eigenvalue weighted by atomic mass is 10.2. The van der Waals surface area contributed by atoms with Gasteiger partial charge < -0.3 is 9.84 Å².